The zero-order chi connectivity index (χ0) is 15.2. The highest BCUT2D eigenvalue weighted by molar-refractivity contribution is 5.77. The van der Waals surface area contributed by atoms with Crippen LogP contribution in [-0.4, -0.2) is 17.1 Å². The summed E-state index contributed by atoms with van der Waals surface area (Å²) in [5.41, 5.74) is 1.36. The fraction of sp³-hybridized carbons (Fsp3) is 0.667. The first-order valence-corrected chi connectivity index (χ1v) is 8.01. The molecule has 3 saturated carbocycles. The maximum Gasteiger partial charge on any atom is 0.313 e. The molecule has 1 aromatic rings. The van der Waals surface area contributed by atoms with Crippen LogP contribution in [-0.2, 0) is 9.53 Å². The number of fused-ring (bicyclic) bond motifs is 2. The lowest BCUT2D eigenvalue weighted by Crippen LogP contribution is -2.57. The van der Waals surface area contributed by atoms with Gasteiger partial charge in [-0.05, 0) is 54.6 Å². The third kappa shape index (κ3) is 2.37. The van der Waals surface area contributed by atoms with Gasteiger partial charge in [0.15, 0.2) is 0 Å². The van der Waals surface area contributed by atoms with Crippen LogP contribution in [0.4, 0.5) is 0 Å². The van der Waals surface area contributed by atoms with Gasteiger partial charge in [-0.2, -0.15) is 0 Å². The van der Waals surface area contributed by atoms with E-state index in [0.717, 1.165) is 12.0 Å². The van der Waals surface area contributed by atoms with Crippen molar-refractivity contribution in [2.75, 3.05) is 0 Å². The summed E-state index contributed by atoms with van der Waals surface area (Å²) in [6.45, 7) is 8.86. The van der Waals surface area contributed by atoms with Crippen LogP contribution in [0.5, 0.6) is 0 Å². The summed E-state index contributed by atoms with van der Waals surface area (Å²) in [6, 6.07) is 3.80. The largest absolute Gasteiger partial charge is 0.462 e. The van der Waals surface area contributed by atoms with Crippen molar-refractivity contribution in [2.24, 2.45) is 23.2 Å². The zero-order valence-corrected chi connectivity index (χ0v) is 13.4. The van der Waals surface area contributed by atoms with Gasteiger partial charge < -0.3 is 4.74 Å². The van der Waals surface area contributed by atoms with Crippen LogP contribution in [0.25, 0.3) is 0 Å². The van der Waals surface area contributed by atoms with Gasteiger partial charge in [0, 0.05) is 12.4 Å². The Morgan fingerprint density at radius 2 is 2.19 bits per heavy atom. The monoisotopic (exact) mass is 287 g/mol. The number of ether oxygens (including phenoxy) is 1. The number of carbonyl (C=O) groups excluding carboxylic acids is 1. The Kier molecular flexibility index (Phi) is 3.54. The quantitative estimate of drug-likeness (QED) is 0.794. The van der Waals surface area contributed by atoms with E-state index in [9.17, 15) is 4.79 Å². The van der Waals surface area contributed by atoms with Crippen molar-refractivity contribution >= 4 is 5.97 Å². The lowest BCUT2D eigenvalue weighted by atomic mass is 9.45. The van der Waals surface area contributed by atoms with Crippen molar-refractivity contribution in [3.63, 3.8) is 0 Å². The molecule has 0 unspecified atom stereocenters. The Hall–Kier alpha value is -1.38. The summed E-state index contributed by atoms with van der Waals surface area (Å²) < 4.78 is 5.85. The fourth-order valence-electron chi connectivity index (χ4n) is 4.28. The van der Waals surface area contributed by atoms with Crippen molar-refractivity contribution in [1.29, 1.82) is 0 Å². The molecule has 2 bridgehead atoms. The van der Waals surface area contributed by atoms with E-state index in [2.05, 4.69) is 25.8 Å². The van der Waals surface area contributed by atoms with Gasteiger partial charge in [0.25, 0.3) is 0 Å². The average Bonchev–Trinajstić information content (AvgIpc) is 2.48. The zero-order valence-electron chi connectivity index (χ0n) is 13.4. The smallest absolute Gasteiger partial charge is 0.313 e. The first kappa shape index (κ1) is 14.6. The molecular weight excluding hydrogens is 262 g/mol. The Morgan fingerprint density at radius 1 is 1.43 bits per heavy atom. The van der Waals surface area contributed by atoms with E-state index < -0.39 is 0 Å². The molecule has 3 aliphatic rings. The van der Waals surface area contributed by atoms with E-state index in [1.165, 1.54) is 6.42 Å². The standard InChI is InChI=1S/C18H25NO2/c1-11(13-6-5-7-19-10-13)17(20)21-16-9-14-8-15(12(16)2)18(14,3)4/h5-7,10-12,14-16H,8-9H2,1-4H3/t11-,12+,14+,15-,16+/m0/s1. The molecule has 3 fully saturated rings. The first-order chi connectivity index (χ1) is 9.91. The van der Waals surface area contributed by atoms with Crippen molar-refractivity contribution < 1.29 is 9.53 Å². The third-order valence-corrected chi connectivity index (χ3v) is 6.09. The van der Waals surface area contributed by atoms with Crippen LogP contribution in [0.1, 0.15) is 52.0 Å². The molecule has 0 saturated heterocycles. The van der Waals surface area contributed by atoms with E-state index in [1.807, 2.05) is 19.1 Å². The normalized spacial score (nSPS) is 34.7. The minimum Gasteiger partial charge on any atom is -0.462 e. The second-order valence-corrected chi connectivity index (χ2v) is 7.44. The molecule has 0 spiro atoms. The molecule has 4 rings (SSSR count). The molecule has 0 aliphatic heterocycles. The molecule has 21 heavy (non-hydrogen) atoms. The van der Waals surface area contributed by atoms with E-state index >= 15 is 0 Å². The Bertz CT molecular complexity index is 525. The van der Waals surface area contributed by atoms with Gasteiger partial charge >= 0.3 is 5.97 Å². The van der Waals surface area contributed by atoms with Crippen molar-refractivity contribution in [1.82, 2.24) is 4.98 Å². The molecule has 3 aliphatic carbocycles. The van der Waals surface area contributed by atoms with Crippen LogP contribution < -0.4 is 0 Å². The highest BCUT2D eigenvalue weighted by Crippen LogP contribution is 2.61. The predicted octanol–water partition coefficient (Wildman–Crippen LogP) is 3.80. The van der Waals surface area contributed by atoms with Crippen molar-refractivity contribution in [3.8, 4) is 0 Å². The molecule has 0 radical (unpaired) electrons. The molecule has 0 aromatic carbocycles. The number of nitrogens with zero attached hydrogens (tertiary/aromatic N) is 1. The summed E-state index contributed by atoms with van der Waals surface area (Å²) in [7, 11) is 0. The van der Waals surface area contributed by atoms with Crippen LogP contribution >= 0.6 is 0 Å². The molecule has 1 aromatic heterocycles. The third-order valence-electron chi connectivity index (χ3n) is 6.09. The number of hydrogen-bond acceptors (Lipinski definition) is 3. The first-order valence-electron chi connectivity index (χ1n) is 8.01. The number of aromatic nitrogens is 1. The van der Waals surface area contributed by atoms with E-state index in [0.29, 0.717) is 23.2 Å². The lowest BCUT2D eigenvalue weighted by Gasteiger charge is -2.61. The molecule has 1 heterocycles. The topological polar surface area (TPSA) is 39.2 Å². The SMILES string of the molecule is C[C@H]1[C@H](OC(=O)[C@@H](C)c2cccnc2)C[C@H]2C[C@@H]1C2(C)C. The minimum absolute atomic E-state index is 0.0911. The summed E-state index contributed by atoms with van der Waals surface area (Å²) in [4.78, 5) is 16.5. The van der Waals surface area contributed by atoms with Crippen LogP contribution in [0, 0.1) is 23.2 Å². The van der Waals surface area contributed by atoms with Crippen LogP contribution in [0.15, 0.2) is 24.5 Å². The number of carbonyl (C=O) groups is 1. The van der Waals surface area contributed by atoms with E-state index in [1.54, 1.807) is 12.4 Å². The molecule has 3 heteroatoms. The summed E-state index contributed by atoms with van der Waals surface area (Å²) in [5, 5.41) is 0. The van der Waals surface area contributed by atoms with Gasteiger partial charge in [0.1, 0.15) is 6.10 Å². The van der Waals surface area contributed by atoms with E-state index in [-0.39, 0.29) is 18.0 Å². The Labute approximate surface area is 127 Å². The number of pyridine rings is 1. The molecular formula is C18H25NO2. The van der Waals surface area contributed by atoms with Crippen LogP contribution in [0.3, 0.4) is 0 Å². The fourth-order valence-corrected chi connectivity index (χ4v) is 4.28. The van der Waals surface area contributed by atoms with Gasteiger partial charge in [0.2, 0.25) is 0 Å². The molecule has 0 amide bonds. The van der Waals surface area contributed by atoms with Gasteiger partial charge in [-0.15, -0.1) is 0 Å². The highest BCUT2D eigenvalue weighted by atomic mass is 16.5. The summed E-state index contributed by atoms with van der Waals surface area (Å²) in [6.07, 6.45) is 5.89. The Morgan fingerprint density at radius 3 is 2.76 bits per heavy atom. The van der Waals surface area contributed by atoms with Gasteiger partial charge in [-0.3, -0.25) is 9.78 Å². The second-order valence-electron chi connectivity index (χ2n) is 7.44. The van der Waals surface area contributed by atoms with Crippen molar-refractivity contribution in [2.45, 2.75) is 52.6 Å². The van der Waals surface area contributed by atoms with E-state index in [4.69, 9.17) is 4.74 Å². The van der Waals surface area contributed by atoms with Gasteiger partial charge in [-0.1, -0.05) is 26.8 Å². The lowest BCUT2D eigenvalue weighted by molar-refractivity contribution is -0.187. The number of hydrogen-bond donors (Lipinski definition) is 0. The Balaban J connectivity index is 1.64. The second kappa shape index (κ2) is 5.11. The molecule has 0 N–H and O–H groups in total. The number of rotatable bonds is 3. The maximum atomic E-state index is 12.4. The van der Waals surface area contributed by atoms with Gasteiger partial charge in [0.05, 0.1) is 5.92 Å². The summed E-state index contributed by atoms with van der Waals surface area (Å²) in [5.74, 6) is 1.53. The van der Waals surface area contributed by atoms with Crippen molar-refractivity contribution in [3.05, 3.63) is 30.1 Å². The van der Waals surface area contributed by atoms with Crippen LogP contribution in [0.2, 0.25) is 0 Å². The number of esters is 1. The average molecular weight is 287 g/mol. The minimum atomic E-state index is -0.239. The highest BCUT2D eigenvalue weighted by Gasteiger charge is 2.57. The molecule has 5 atom stereocenters. The molecule has 3 nitrogen and oxygen atoms in total. The summed E-state index contributed by atoms with van der Waals surface area (Å²) >= 11 is 0. The van der Waals surface area contributed by atoms with Gasteiger partial charge in [-0.25, -0.2) is 0 Å². The maximum absolute atomic E-state index is 12.4. The molecule has 114 valence electrons. The predicted molar refractivity (Wildman–Crippen MR) is 81.7 cm³/mol.